The van der Waals surface area contributed by atoms with Crippen molar-refractivity contribution >= 4 is 24.0 Å². The number of hydrogen-bond acceptors (Lipinski definition) is 2. The predicted molar refractivity (Wildman–Crippen MR) is 75.1 cm³/mol. The van der Waals surface area contributed by atoms with Crippen molar-refractivity contribution in [2.75, 3.05) is 13.2 Å². The minimum absolute atomic E-state index is 0. The van der Waals surface area contributed by atoms with Crippen LogP contribution in [0.3, 0.4) is 0 Å². The molecule has 15 heavy (non-hydrogen) atoms. The average molecular weight is 322 g/mol. The minimum Gasteiger partial charge on any atom is -0.359 e. The lowest BCUT2D eigenvalue weighted by Crippen LogP contribution is -2.38. The maximum Gasteiger partial charge on any atom is 0.0896 e. The summed E-state index contributed by atoms with van der Waals surface area (Å²) in [5.41, 5.74) is 0. The van der Waals surface area contributed by atoms with Gasteiger partial charge in [-0.3, -0.25) is 0 Å². The van der Waals surface area contributed by atoms with Crippen LogP contribution in [0.25, 0.3) is 0 Å². The summed E-state index contributed by atoms with van der Waals surface area (Å²) in [5, 5.41) is 0. The maximum atomic E-state index is 2.51. The molecule has 1 aliphatic heterocycles. The topological polar surface area (TPSA) is 6.48 Å². The number of nitrogens with zero attached hydrogens (tertiary/aromatic N) is 2. The van der Waals surface area contributed by atoms with Gasteiger partial charge in [0.05, 0.1) is 6.67 Å². The van der Waals surface area contributed by atoms with Gasteiger partial charge in [-0.05, 0) is 25.7 Å². The van der Waals surface area contributed by atoms with Crippen LogP contribution in [0.4, 0.5) is 0 Å². The Morgan fingerprint density at radius 2 is 2.00 bits per heavy atom. The molecule has 0 aromatic rings. The molecular weight excluding hydrogens is 299 g/mol. The van der Waals surface area contributed by atoms with Crippen LogP contribution in [0.1, 0.15) is 45.4 Å². The normalized spacial score (nSPS) is 20.3. The Bertz CT molecular complexity index is 202. The lowest BCUT2D eigenvalue weighted by atomic mass is 9.92. The van der Waals surface area contributed by atoms with Gasteiger partial charge >= 0.3 is 0 Å². The van der Waals surface area contributed by atoms with E-state index < -0.39 is 0 Å². The molecule has 1 saturated carbocycles. The molecule has 2 nitrogen and oxygen atoms in total. The molecule has 0 bridgehead atoms. The van der Waals surface area contributed by atoms with Crippen LogP contribution in [-0.4, -0.2) is 29.1 Å². The monoisotopic (exact) mass is 322 g/mol. The van der Waals surface area contributed by atoms with Crippen LogP contribution >= 0.6 is 24.0 Å². The largest absolute Gasteiger partial charge is 0.359 e. The predicted octanol–water partition coefficient (Wildman–Crippen LogP) is 3.39. The second-order valence-corrected chi connectivity index (χ2v) is 4.56. The smallest absolute Gasteiger partial charge is 0.0896 e. The summed E-state index contributed by atoms with van der Waals surface area (Å²) >= 11 is 0. The molecule has 0 spiro atoms. The van der Waals surface area contributed by atoms with Crippen LogP contribution in [-0.2, 0) is 0 Å². The zero-order chi connectivity index (χ0) is 9.80. The van der Waals surface area contributed by atoms with Gasteiger partial charge in [0.15, 0.2) is 0 Å². The van der Waals surface area contributed by atoms with E-state index in [2.05, 4.69) is 29.1 Å². The summed E-state index contributed by atoms with van der Waals surface area (Å²) in [7, 11) is 0. The Morgan fingerprint density at radius 3 is 2.60 bits per heavy atom. The molecule has 88 valence electrons. The molecule has 1 heterocycles. The fourth-order valence-electron chi connectivity index (χ4n) is 2.15. The van der Waals surface area contributed by atoms with Crippen LogP contribution in [0.2, 0.25) is 0 Å². The van der Waals surface area contributed by atoms with E-state index in [0.717, 1.165) is 12.7 Å². The molecule has 1 aliphatic carbocycles. The Morgan fingerprint density at radius 1 is 1.20 bits per heavy atom. The van der Waals surface area contributed by atoms with Gasteiger partial charge in [0, 0.05) is 25.0 Å². The summed E-state index contributed by atoms with van der Waals surface area (Å²) in [6, 6.07) is 0.863. The number of hydrogen-bond donors (Lipinski definition) is 0. The molecule has 0 saturated heterocycles. The highest BCUT2D eigenvalue weighted by Gasteiger charge is 2.25. The van der Waals surface area contributed by atoms with Gasteiger partial charge in [-0.25, -0.2) is 0 Å². The second kappa shape index (κ2) is 6.61. The van der Waals surface area contributed by atoms with Gasteiger partial charge in [0.25, 0.3) is 0 Å². The zero-order valence-corrected chi connectivity index (χ0v) is 12.0. The third-order valence-electron chi connectivity index (χ3n) is 3.41. The molecule has 0 amide bonds. The first-order valence-corrected chi connectivity index (χ1v) is 6.08. The van der Waals surface area contributed by atoms with Crippen molar-refractivity contribution in [3.05, 3.63) is 12.4 Å². The molecule has 0 aromatic heterocycles. The molecule has 2 aliphatic rings. The van der Waals surface area contributed by atoms with Gasteiger partial charge in [0.1, 0.15) is 0 Å². The molecule has 0 aromatic carbocycles. The zero-order valence-electron chi connectivity index (χ0n) is 9.69. The fourth-order valence-corrected chi connectivity index (χ4v) is 2.15. The van der Waals surface area contributed by atoms with E-state index in [1.165, 1.54) is 45.1 Å². The number of halogens is 1. The Hall–Kier alpha value is 0.0700. The van der Waals surface area contributed by atoms with Crippen molar-refractivity contribution in [1.82, 2.24) is 9.80 Å². The van der Waals surface area contributed by atoms with Gasteiger partial charge in [-0.2, -0.15) is 0 Å². The first-order valence-electron chi connectivity index (χ1n) is 6.08. The van der Waals surface area contributed by atoms with Crippen LogP contribution in [0, 0.1) is 0 Å². The van der Waals surface area contributed by atoms with E-state index in [9.17, 15) is 0 Å². The SMILES string of the molecule is CCCCCN1C=CN(C2CCC2)C1.I. The molecule has 0 radical (unpaired) electrons. The van der Waals surface area contributed by atoms with Crippen molar-refractivity contribution in [2.24, 2.45) is 0 Å². The lowest BCUT2D eigenvalue weighted by molar-refractivity contribution is 0.149. The van der Waals surface area contributed by atoms with Crippen molar-refractivity contribution < 1.29 is 0 Å². The quantitative estimate of drug-likeness (QED) is 0.565. The van der Waals surface area contributed by atoms with E-state index in [0.29, 0.717) is 0 Å². The molecule has 0 unspecified atom stereocenters. The standard InChI is InChI=1S/C12H22N2.HI/c1-2-3-4-8-13-9-10-14(11-13)12-6-5-7-12;/h9-10,12H,2-8,11H2,1H3;1H. The van der Waals surface area contributed by atoms with Gasteiger partial charge in [0.2, 0.25) is 0 Å². The van der Waals surface area contributed by atoms with Crippen LogP contribution < -0.4 is 0 Å². The first-order chi connectivity index (χ1) is 6.90. The van der Waals surface area contributed by atoms with Crippen LogP contribution in [0.5, 0.6) is 0 Å². The summed E-state index contributed by atoms with van der Waals surface area (Å²) < 4.78 is 0. The van der Waals surface area contributed by atoms with Gasteiger partial charge in [-0.1, -0.05) is 19.8 Å². The summed E-state index contributed by atoms with van der Waals surface area (Å²) in [6.07, 6.45) is 12.9. The minimum atomic E-state index is 0. The number of rotatable bonds is 5. The average Bonchev–Trinajstić information content (AvgIpc) is 2.51. The van der Waals surface area contributed by atoms with Crippen molar-refractivity contribution in [3.63, 3.8) is 0 Å². The van der Waals surface area contributed by atoms with Crippen molar-refractivity contribution in [2.45, 2.75) is 51.5 Å². The van der Waals surface area contributed by atoms with E-state index in [-0.39, 0.29) is 24.0 Å². The summed E-state index contributed by atoms with van der Waals surface area (Å²) in [4.78, 5) is 4.96. The highest BCUT2D eigenvalue weighted by atomic mass is 127. The van der Waals surface area contributed by atoms with E-state index >= 15 is 0 Å². The first kappa shape index (κ1) is 13.1. The Balaban J connectivity index is 0.00000112. The maximum absolute atomic E-state index is 2.51. The van der Waals surface area contributed by atoms with E-state index in [4.69, 9.17) is 0 Å². The molecule has 0 N–H and O–H groups in total. The molecular formula is C12H23IN2. The second-order valence-electron chi connectivity index (χ2n) is 4.56. The molecule has 1 fully saturated rings. The Labute approximate surface area is 111 Å². The molecule has 3 heteroatoms. The molecule has 2 rings (SSSR count). The van der Waals surface area contributed by atoms with Gasteiger partial charge in [-0.15, -0.1) is 24.0 Å². The molecule has 0 atom stereocenters. The van der Waals surface area contributed by atoms with E-state index in [1.807, 2.05) is 0 Å². The van der Waals surface area contributed by atoms with Crippen molar-refractivity contribution in [3.8, 4) is 0 Å². The summed E-state index contributed by atoms with van der Waals surface area (Å²) in [6.45, 7) is 4.66. The lowest BCUT2D eigenvalue weighted by Gasteiger charge is -2.35. The van der Waals surface area contributed by atoms with Crippen molar-refractivity contribution in [1.29, 1.82) is 0 Å². The third-order valence-corrected chi connectivity index (χ3v) is 3.41. The highest BCUT2D eigenvalue weighted by Crippen LogP contribution is 2.27. The van der Waals surface area contributed by atoms with Crippen LogP contribution in [0.15, 0.2) is 12.4 Å². The highest BCUT2D eigenvalue weighted by molar-refractivity contribution is 14.0. The van der Waals surface area contributed by atoms with Gasteiger partial charge < -0.3 is 9.80 Å². The van der Waals surface area contributed by atoms with E-state index in [1.54, 1.807) is 0 Å². The fraction of sp³-hybridized carbons (Fsp3) is 0.833. The summed E-state index contributed by atoms with van der Waals surface area (Å²) in [5.74, 6) is 0. The Kier molecular flexibility index (Phi) is 5.79. The third kappa shape index (κ3) is 3.54. The number of unbranched alkanes of at least 4 members (excludes halogenated alkanes) is 2.